The molecule has 0 bridgehead atoms. The SMILES string of the molecule is CC.CCCCC(=O)NCC1CC2CC3CCCC32C1.CCCCN1C(=O)Cc2ccccc21. The number of amides is 2. The van der Waals surface area contributed by atoms with Crippen molar-refractivity contribution in [2.75, 3.05) is 18.0 Å². The van der Waals surface area contributed by atoms with Gasteiger partial charge in [-0.2, -0.15) is 0 Å². The molecule has 0 radical (unpaired) electrons. The van der Waals surface area contributed by atoms with Crippen LogP contribution in [0, 0.1) is 23.2 Å². The number of unbranched alkanes of at least 4 members (excludes halogenated alkanes) is 2. The molecule has 1 aromatic carbocycles. The lowest BCUT2D eigenvalue weighted by Crippen LogP contribution is -2.41. The predicted octanol–water partition coefficient (Wildman–Crippen LogP) is 6.91. The molecule has 1 aromatic rings. The van der Waals surface area contributed by atoms with Crippen LogP contribution in [-0.4, -0.2) is 24.9 Å². The third-order valence-corrected chi connectivity index (χ3v) is 8.68. The molecule has 1 spiro atoms. The van der Waals surface area contributed by atoms with Crippen molar-refractivity contribution >= 4 is 17.5 Å². The van der Waals surface area contributed by atoms with Gasteiger partial charge in [0.25, 0.3) is 0 Å². The van der Waals surface area contributed by atoms with Crippen molar-refractivity contribution in [2.24, 2.45) is 23.2 Å². The van der Waals surface area contributed by atoms with Gasteiger partial charge in [-0.05, 0) is 79.7 Å². The second-order valence-corrected chi connectivity index (χ2v) is 10.7. The van der Waals surface area contributed by atoms with Gasteiger partial charge >= 0.3 is 0 Å². The second-order valence-electron chi connectivity index (χ2n) is 10.7. The average Bonchev–Trinajstić information content (AvgIpc) is 3.46. The molecule has 3 aliphatic carbocycles. The van der Waals surface area contributed by atoms with Crippen molar-refractivity contribution in [2.45, 2.75) is 105 Å². The van der Waals surface area contributed by atoms with E-state index in [1.54, 1.807) is 0 Å². The molecule has 1 heterocycles. The lowest BCUT2D eigenvalue weighted by Gasteiger charge is -2.49. The fourth-order valence-corrected chi connectivity index (χ4v) is 6.98. The highest BCUT2D eigenvalue weighted by molar-refractivity contribution is 6.01. The Balaban J connectivity index is 0.000000183. The first-order chi connectivity index (χ1) is 16.6. The smallest absolute Gasteiger partial charge is 0.231 e. The number of fused-ring (bicyclic) bond motifs is 1. The number of hydrogen-bond acceptors (Lipinski definition) is 2. The van der Waals surface area contributed by atoms with Crippen LogP contribution in [0.3, 0.4) is 0 Å². The minimum absolute atomic E-state index is 0.250. The summed E-state index contributed by atoms with van der Waals surface area (Å²) >= 11 is 0. The summed E-state index contributed by atoms with van der Waals surface area (Å²) in [5.41, 5.74) is 3.04. The summed E-state index contributed by atoms with van der Waals surface area (Å²) in [6.07, 6.45) is 14.4. The van der Waals surface area contributed by atoms with E-state index in [0.717, 1.165) is 74.0 Å². The largest absolute Gasteiger partial charge is 0.356 e. The number of hydrogen-bond donors (Lipinski definition) is 1. The molecule has 1 aliphatic heterocycles. The average molecular weight is 469 g/mol. The lowest BCUT2D eigenvalue weighted by molar-refractivity contribution is -0.121. The summed E-state index contributed by atoms with van der Waals surface area (Å²) in [7, 11) is 0. The molecule has 3 saturated carbocycles. The van der Waals surface area contributed by atoms with Gasteiger partial charge in [0.2, 0.25) is 11.8 Å². The van der Waals surface area contributed by atoms with Gasteiger partial charge in [-0.25, -0.2) is 0 Å². The highest BCUT2D eigenvalue weighted by atomic mass is 16.2. The van der Waals surface area contributed by atoms with Gasteiger partial charge in [-0.15, -0.1) is 0 Å². The summed E-state index contributed by atoms with van der Waals surface area (Å²) < 4.78 is 0. The van der Waals surface area contributed by atoms with E-state index in [1.807, 2.05) is 43.0 Å². The Bertz CT molecular complexity index is 807. The third-order valence-electron chi connectivity index (χ3n) is 8.68. The summed E-state index contributed by atoms with van der Waals surface area (Å²) in [5.74, 6) is 3.38. The van der Waals surface area contributed by atoms with E-state index < -0.39 is 0 Å². The maximum atomic E-state index is 11.7. The molecule has 190 valence electrons. The monoisotopic (exact) mass is 468 g/mol. The summed E-state index contributed by atoms with van der Waals surface area (Å²) in [6, 6.07) is 8.07. The van der Waals surface area contributed by atoms with Gasteiger partial charge in [0, 0.05) is 25.2 Å². The van der Waals surface area contributed by atoms with Crippen LogP contribution in [0.4, 0.5) is 5.69 Å². The molecular weight excluding hydrogens is 420 g/mol. The molecule has 1 N–H and O–H groups in total. The molecule has 4 unspecified atom stereocenters. The first kappa shape index (κ1) is 26.8. The van der Waals surface area contributed by atoms with Crippen LogP contribution in [0.5, 0.6) is 0 Å². The van der Waals surface area contributed by atoms with E-state index >= 15 is 0 Å². The third kappa shape index (κ3) is 5.86. The van der Waals surface area contributed by atoms with Crippen LogP contribution >= 0.6 is 0 Å². The molecule has 4 atom stereocenters. The first-order valence-corrected chi connectivity index (χ1v) is 14.2. The zero-order chi connectivity index (χ0) is 24.6. The van der Waals surface area contributed by atoms with Crippen LogP contribution in [0.1, 0.15) is 104 Å². The summed E-state index contributed by atoms with van der Waals surface area (Å²) in [6.45, 7) is 10.1. The van der Waals surface area contributed by atoms with E-state index in [-0.39, 0.29) is 11.8 Å². The van der Waals surface area contributed by atoms with Crippen molar-refractivity contribution in [1.82, 2.24) is 5.32 Å². The topological polar surface area (TPSA) is 49.4 Å². The number of carbonyl (C=O) groups excluding carboxylic acids is 2. The highest BCUT2D eigenvalue weighted by Crippen LogP contribution is 2.69. The van der Waals surface area contributed by atoms with Gasteiger partial charge in [0.1, 0.15) is 0 Å². The number of para-hydroxylation sites is 1. The zero-order valence-electron chi connectivity index (χ0n) is 22.2. The first-order valence-electron chi connectivity index (χ1n) is 14.2. The number of carbonyl (C=O) groups is 2. The molecule has 0 aromatic heterocycles. The zero-order valence-corrected chi connectivity index (χ0v) is 22.2. The standard InChI is InChI=1S/C16H27NO.C12H15NO.C2H6/c1-2-3-6-15(18)17-11-12-8-14-9-13-5-4-7-16(13,14)10-12;1-2-3-8-13-11-7-5-4-6-10(11)9-12(13)14;1-2/h12-14H,2-11H2,1H3,(H,17,18);4-7H,2-3,8-9H2,1H3;1-2H3. The normalized spacial score (nSPS) is 27.9. The van der Waals surface area contributed by atoms with E-state index in [9.17, 15) is 9.59 Å². The summed E-state index contributed by atoms with van der Waals surface area (Å²) in [5, 5.41) is 3.17. The molecule has 0 saturated heterocycles. The molecular formula is C30H48N2O2. The predicted molar refractivity (Wildman–Crippen MR) is 142 cm³/mol. The summed E-state index contributed by atoms with van der Waals surface area (Å²) in [4.78, 5) is 25.2. The van der Waals surface area contributed by atoms with Crippen molar-refractivity contribution in [3.05, 3.63) is 29.8 Å². The molecule has 3 fully saturated rings. The van der Waals surface area contributed by atoms with Crippen LogP contribution in [0.15, 0.2) is 24.3 Å². The Morgan fingerprint density at radius 2 is 1.85 bits per heavy atom. The van der Waals surface area contributed by atoms with Crippen LogP contribution in [0.2, 0.25) is 0 Å². The fourth-order valence-electron chi connectivity index (χ4n) is 6.98. The number of benzene rings is 1. The van der Waals surface area contributed by atoms with Crippen molar-refractivity contribution in [1.29, 1.82) is 0 Å². The second kappa shape index (κ2) is 12.7. The van der Waals surface area contributed by atoms with Crippen LogP contribution < -0.4 is 10.2 Å². The van der Waals surface area contributed by atoms with Crippen molar-refractivity contribution in [3.8, 4) is 0 Å². The van der Waals surface area contributed by atoms with E-state index in [4.69, 9.17) is 0 Å². The van der Waals surface area contributed by atoms with Gasteiger partial charge in [-0.3, -0.25) is 9.59 Å². The highest BCUT2D eigenvalue weighted by Gasteiger charge is 2.60. The molecule has 2 amide bonds. The maximum absolute atomic E-state index is 11.7. The Morgan fingerprint density at radius 3 is 2.59 bits per heavy atom. The quantitative estimate of drug-likeness (QED) is 0.450. The Labute approximate surface area is 208 Å². The van der Waals surface area contributed by atoms with Crippen LogP contribution in [0.25, 0.3) is 0 Å². The fraction of sp³-hybridized carbons (Fsp3) is 0.733. The molecule has 4 heteroatoms. The van der Waals surface area contributed by atoms with Crippen molar-refractivity contribution < 1.29 is 9.59 Å². The van der Waals surface area contributed by atoms with Gasteiger partial charge in [0.05, 0.1) is 6.42 Å². The van der Waals surface area contributed by atoms with E-state index in [2.05, 4.69) is 19.2 Å². The van der Waals surface area contributed by atoms with Gasteiger partial charge in [-0.1, -0.05) is 65.2 Å². The van der Waals surface area contributed by atoms with E-state index in [0.29, 0.717) is 6.42 Å². The Morgan fingerprint density at radius 1 is 1.09 bits per heavy atom. The number of nitrogens with one attached hydrogen (secondary N) is 1. The minimum atomic E-state index is 0.250. The Hall–Kier alpha value is -1.84. The maximum Gasteiger partial charge on any atom is 0.231 e. The van der Waals surface area contributed by atoms with Crippen molar-refractivity contribution in [3.63, 3.8) is 0 Å². The molecule has 34 heavy (non-hydrogen) atoms. The minimum Gasteiger partial charge on any atom is -0.356 e. The van der Waals surface area contributed by atoms with Gasteiger partial charge in [0.15, 0.2) is 0 Å². The Kier molecular flexibility index (Phi) is 10.0. The molecule has 4 aliphatic rings. The lowest BCUT2D eigenvalue weighted by atomic mass is 9.56. The van der Waals surface area contributed by atoms with Crippen LogP contribution in [-0.2, 0) is 16.0 Å². The van der Waals surface area contributed by atoms with Gasteiger partial charge < -0.3 is 10.2 Å². The molecule has 4 nitrogen and oxygen atoms in total. The number of anilines is 1. The van der Waals surface area contributed by atoms with E-state index in [1.165, 1.54) is 44.1 Å². The number of nitrogens with zero attached hydrogens (tertiary/aromatic N) is 1. The number of rotatable bonds is 8. The molecule has 5 rings (SSSR count).